The van der Waals surface area contributed by atoms with Crippen molar-refractivity contribution in [2.45, 2.75) is 25.9 Å². The second-order valence-electron chi connectivity index (χ2n) is 3.29. The zero-order valence-corrected chi connectivity index (χ0v) is 8.62. The Balaban J connectivity index is 3.26. The van der Waals surface area contributed by atoms with Crippen LogP contribution in [-0.4, -0.2) is 0 Å². The summed E-state index contributed by atoms with van der Waals surface area (Å²) in [4.78, 5) is 2.38. The van der Waals surface area contributed by atoms with Gasteiger partial charge in [-0.2, -0.15) is 13.2 Å². The van der Waals surface area contributed by atoms with Crippen LogP contribution in [0.5, 0.6) is 0 Å². The Morgan fingerprint density at radius 3 is 2.56 bits per heavy atom. The summed E-state index contributed by atoms with van der Waals surface area (Å²) in [5, 5.41) is 3.03. The molecule has 1 rings (SSSR count). The Hall–Kier alpha value is -1.68. The van der Waals surface area contributed by atoms with Crippen molar-refractivity contribution in [1.29, 1.82) is 0 Å². The van der Waals surface area contributed by atoms with Crippen LogP contribution >= 0.6 is 0 Å². The lowest BCUT2D eigenvalue weighted by Gasteiger charge is -2.11. The van der Waals surface area contributed by atoms with Crippen LogP contribution in [0.3, 0.4) is 0 Å². The van der Waals surface area contributed by atoms with Gasteiger partial charge in [-0.25, -0.2) is 0 Å². The molecule has 0 spiro atoms. The third-order valence-corrected chi connectivity index (χ3v) is 2.06. The molecule has 0 heterocycles. The molecule has 0 unspecified atom stereocenters. The molecule has 0 aromatic heterocycles. The van der Waals surface area contributed by atoms with Gasteiger partial charge in [-0.1, -0.05) is 30.6 Å². The summed E-state index contributed by atoms with van der Waals surface area (Å²) in [5.41, 5.74) is 7.50. The van der Waals surface area contributed by atoms with Crippen molar-refractivity contribution in [1.82, 2.24) is 0 Å². The third kappa shape index (κ3) is 2.90. The van der Waals surface area contributed by atoms with E-state index in [9.17, 15) is 13.2 Å². The minimum Gasteiger partial charge on any atom is -0.166 e. The lowest BCUT2D eigenvalue weighted by atomic mass is 10.0. The molecule has 0 aliphatic carbocycles. The number of halogens is 3. The molecule has 1 aromatic rings. The number of nitrogens with zero attached hydrogens (tertiary/aromatic N) is 3. The predicted octanol–water partition coefficient (Wildman–Crippen LogP) is 4.60. The van der Waals surface area contributed by atoms with Crippen molar-refractivity contribution in [2.75, 3.05) is 0 Å². The number of rotatable bonds is 3. The smallest absolute Gasteiger partial charge is 0.166 e. The molecule has 0 radical (unpaired) electrons. The summed E-state index contributed by atoms with van der Waals surface area (Å²) in [5.74, 6) is 0. The summed E-state index contributed by atoms with van der Waals surface area (Å²) >= 11 is 0. The van der Waals surface area contributed by atoms with Crippen molar-refractivity contribution in [3.05, 3.63) is 39.8 Å². The standard InChI is InChI=1S/C10H10F3N3/c1-2-3-7-4-5-9(15-16-14)8(6-7)10(11,12)13/h4-6H,2-3H2,1H3. The number of benzene rings is 1. The molecule has 0 amide bonds. The average Bonchev–Trinajstić information content (AvgIpc) is 2.19. The van der Waals surface area contributed by atoms with Gasteiger partial charge < -0.3 is 0 Å². The molecule has 0 saturated carbocycles. The van der Waals surface area contributed by atoms with Crippen molar-refractivity contribution >= 4 is 5.69 Å². The molecular formula is C10H10F3N3. The normalized spacial score (nSPS) is 11.0. The third-order valence-electron chi connectivity index (χ3n) is 2.06. The molecule has 0 aliphatic rings. The van der Waals surface area contributed by atoms with Gasteiger partial charge in [-0.3, -0.25) is 0 Å². The number of aryl methyl sites for hydroxylation is 1. The first-order chi connectivity index (χ1) is 7.49. The van der Waals surface area contributed by atoms with Gasteiger partial charge in [-0.05, 0) is 23.6 Å². The molecule has 0 bridgehead atoms. The summed E-state index contributed by atoms with van der Waals surface area (Å²) < 4.78 is 37.8. The molecule has 0 saturated heterocycles. The Labute approximate surface area is 90.5 Å². The van der Waals surface area contributed by atoms with Crippen molar-refractivity contribution < 1.29 is 13.2 Å². The highest BCUT2D eigenvalue weighted by atomic mass is 19.4. The minimum absolute atomic E-state index is 0.380. The monoisotopic (exact) mass is 229 g/mol. The van der Waals surface area contributed by atoms with Crippen LogP contribution in [0, 0.1) is 0 Å². The molecule has 86 valence electrons. The molecule has 16 heavy (non-hydrogen) atoms. The van der Waals surface area contributed by atoms with Crippen LogP contribution in [0.15, 0.2) is 23.3 Å². The van der Waals surface area contributed by atoms with Crippen molar-refractivity contribution in [3.8, 4) is 0 Å². The summed E-state index contributed by atoms with van der Waals surface area (Å²) in [6.45, 7) is 1.88. The van der Waals surface area contributed by atoms with Gasteiger partial charge in [-0.15, -0.1) is 0 Å². The Morgan fingerprint density at radius 1 is 1.38 bits per heavy atom. The maximum absolute atomic E-state index is 12.6. The van der Waals surface area contributed by atoms with E-state index in [4.69, 9.17) is 5.53 Å². The summed E-state index contributed by atoms with van der Waals surface area (Å²) in [6.07, 6.45) is -3.16. The molecule has 0 N–H and O–H groups in total. The highest BCUT2D eigenvalue weighted by Crippen LogP contribution is 2.37. The van der Waals surface area contributed by atoms with Gasteiger partial charge in [0.15, 0.2) is 0 Å². The van der Waals surface area contributed by atoms with Crippen LogP contribution in [-0.2, 0) is 12.6 Å². The molecule has 0 aliphatic heterocycles. The van der Waals surface area contributed by atoms with E-state index >= 15 is 0 Å². The predicted molar refractivity (Wildman–Crippen MR) is 54.2 cm³/mol. The summed E-state index contributed by atoms with van der Waals surface area (Å²) in [7, 11) is 0. The number of azide groups is 1. The van der Waals surface area contributed by atoms with E-state index in [1.54, 1.807) is 6.07 Å². The van der Waals surface area contributed by atoms with Crippen LogP contribution in [0.4, 0.5) is 18.9 Å². The van der Waals surface area contributed by atoms with Gasteiger partial charge in [0.05, 0.1) is 5.56 Å². The van der Waals surface area contributed by atoms with E-state index < -0.39 is 11.7 Å². The largest absolute Gasteiger partial charge is 0.416 e. The zero-order valence-electron chi connectivity index (χ0n) is 8.62. The average molecular weight is 229 g/mol. The molecular weight excluding hydrogens is 219 g/mol. The minimum atomic E-state index is -4.49. The van der Waals surface area contributed by atoms with E-state index in [1.807, 2.05) is 6.92 Å². The van der Waals surface area contributed by atoms with Crippen LogP contribution in [0.25, 0.3) is 10.4 Å². The Morgan fingerprint density at radius 2 is 2.06 bits per heavy atom. The van der Waals surface area contributed by atoms with Gasteiger partial charge in [0.25, 0.3) is 0 Å². The van der Waals surface area contributed by atoms with E-state index in [0.29, 0.717) is 12.0 Å². The SMILES string of the molecule is CCCc1ccc(N=[N+]=[N-])c(C(F)(F)F)c1. The van der Waals surface area contributed by atoms with Crippen LogP contribution < -0.4 is 0 Å². The van der Waals surface area contributed by atoms with E-state index in [1.165, 1.54) is 6.07 Å². The lowest BCUT2D eigenvalue weighted by Crippen LogP contribution is -2.06. The number of alkyl halides is 3. The van der Waals surface area contributed by atoms with Crippen LogP contribution in [0.2, 0.25) is 0 Å². The van der Waals surface area contributed by atoms with Gasteiger partial charge >= 0.3 is 6.18 Å². The second kappa shape index (κ2) is 4.90. The highest BCUT2D eigenvalue weighted by molar-refractivity contribution is 5.49. The van der Waals surface area contributed by atoms with Gasteiger partial charge in [0.1, 0.15) is 0 Å². The lowest BCUT2D eigenvalue weighted by molar-refractivity contribution is -0.137. The Kier molecular flexibility index (Phi) is 3.79. The molecule has 1 aromatic carbocycles. The Bertz CT molecular complexity index is 420. The van der Waals surface area contributed by atoms with Gasteiger partial charge in [0, 0.05) is 10.6 Å². The highest BCUT2D eigenvalue weighted by Gasteiger charge is 2.33. The summed E-state index contributed by atoms with van der Waals surface area (Å²) in [6, 6.07) is 3.78. The fourth-order valence-corrected chi connectivity index (χ4v) is 1.39. The number of hydrogen-bond acceptors (Lipinski definition) is 1. The van der Waals surface area contributed by atoms with Crippen molar-refractivity contribution in [3.63, 3.8) is 0 Å². The maximum Gasteiger partial charge on any atom is 0.416 e. The van der Waals surface area contributed by atoms with E-state index in [0.717, 1.165) is 12.5 Å². The molecule has 3 nitrogen and oxygen atoms in total. The van der Waals surface area contributed by atoms with Crippen molar-refractivity contribution in [2.24, 2.45) is 5.11 Å². The van der Waals surface area contributed by atoms with E-state index in [-0.39, 0.29) is 5.69 Å². The molecule has 0 fully saturated rings. The molecule has 0 atom stereocenters. The fraction of sp³-hybridized carbons (Fsp3) is 0.400. The second-order valence-corrected chi connectivity index (χ2v) is 3.29. The first kappa shape index (κ1) is 12.4. The maximum atomic E-state index is 12.6. The zero-order chi connectivity index (χ0) is 12.2. The molecule has 6 heteroatoms. The van der Waals surface area contributed by atoms with E-state index in [2.05, 4.69) is 10.0 Å². The fourth-order valence-electron chi connectivity index (χ4n) is 1.39. The van der Waals surface area contributed by atoms with Gasteiger partial charge in [0.2, 0.25) is 0 Å². The number of hydrogen-bond donors (Lipinski definition) is 0. The topological polar surface area (TPSA) is 48.8 Å². The first-order valence-corrected chi connectivity index (χ1v) is 4.74. The quantitative estimate of drug-likeness (QED) is 0.413. The first-order valence-electron chi connectivity index (χ1n) is 4.74. The van der Waals surface area contributed by atoms with Crippen LogP contribution in [0.1, 0.15) is 24.5 Å².